The zero-order valence-electron chi connectivity index (χ0n) is 16.8. The summed E-state index contributed by atoms with van der Waals surface area (Å²) in [7, 11) is 0. The van der Waals surface area contributed by atoms with E-state index >= 15 is 0 Å². The van der Waals surface area contributed by atoms with E-state index in [1.165, 1.54) is 0 Å². The smallest absolute Gasteiger partial charge is 0.256 e. The predicted molar refractivity (Wildman–Crippen MR) is 122 cm³/mol. The van der Waals surface area contributed by atoms with Gasteiger partial charge in [-0.25, -0.2) is 0 Å². The van der Waals surface area contributed by atoms with E-state index in [9.17, 15) is 9.59 Å². The van der Waals surface area contributed by atoms with Crippen molar-refractivity contribution < 1.29 is 9.59 Å². The lowest BCUT2D eigenvalue weighted by atomic mass is 9.99. The molecule has 1 aromatic heterocycles. The summed E-state index contributed by atoms with van der Waals surface area (Å²) in [6.07, 6.45) is 3.40. The molecule has 152 valence electrons. The third kappa shape index (κ3) is 5.03. The van der Waals surface area contributed by atoms with Crippen LogP contribution in [0.2, 0.25) is 0 Å². The molecule has 2 N–H and O–H groups in total. The molecule has 0 unspecified atom stereocenters. The Morgan fingerprint density at radius 3 is 2.39 bits per heavy atom. The first-order chi connectivity index (χ1) is 15.2. The van der Waals surface area contributed by atoms with Crippen LogP contribution in [0.5, 0.6) is 0 Å². The summed E-state index contributed by atoms with van der Waals surface area (Å²) >= 11 is 0. The first kappa shape index (κ1) is 20.0. The Kier molecular flexibility index (Phi) is 6.14. The maximum atomic E-state index is 13.0. The molecule has 0 aliphatic heterocycles. The van der Waals surface area contributed by atoms with E-state index in [0.717, 1.165) is 16.7 Å². The average molecular weight is 407 g/mol. The van der Waals surface area contributed by atoms with E-state index in [2.05, 4.69) is 15.6 Å². The fraction of sp³-hybridized carbons (Fsp3) is 0.0385. The van der Waals surface area contributed by atoms with Crippen LogP contribution in [0, 0.1) is 0 Å². The normalized spacial score (nSPS) is 10.3. The highest BCUT2D eigenvalue weighted by Gasteiger charge is 2.13. The van der Waals surface area contributed by atoms with Crippen molar-refractivity contribution in [2.24, 2.45) is 0 Å². The molecule has 0 bridgehead atoms. The van der Waals surface area contributed by atoms with E-state index in [0.29, 0.717) is 23.4 Å². The topological polar surface area (TPSA) is 71.1 Å². The second kappa shape index (κ2) is 9.50. The molecular weight excluding hydrogens is 386 g/mol. The summed E-state index contributed by atoms with van der Waals surface area (Å²) < 4.78 is 0. The Morgan fingerprint density at radius 2 is 1.58 bits per heavy atom. The fourth-order valence-electron chi connectivity index (χ4n) is 3.27. The molecule has 0 saturated carbocycles. The van der Waals surface area contributed by atoms with Crippen molar-refractivity contribution in [1.82, 2.24) is 10.3 Å². The minimum atomic E-state index is -0.229. The summed E-state index contributed by atoms with van der Waals surface area (Å²) in [5.41, 5.74) is 4.33. The third-order valence-corrected chi connectivity index (χ3v) is 4.81. The van der Waals surface area contributed by atoms with Crippen LogP contribution in [0.4, 0.5) is 5.69 Å². The highest BCUT2D eigenvalue weighted by atomic mass is 16.2. The van der Waals surface area contributed by atoms with Gasteiger partial charge in [0.25, 0.3) is 11.8 Å². The maximum Gasteiger partial charge on any atom is 0.256 e. The summed E-state index contributed by atoms with van der Waals surface area (Å²) in [6, 6.07) is 27.8. The van der Waals surface area contributed by atoms with Crippen molar-refractivity contribution >= 4 is 17.5 Å². The summed E-state index contributed by atoms with van der Waals surface area (Å²) in [6.45, 7) is 0.383. The minimum absolute atomic E-state index is 0.218. The number of carbonyl (C=O) groups excluding carboxylic acids is 2. The molecule has 31 heavy (non-hydrogen) atoms. The first-order valence-corrected chi connectivity index (χ1v) is 9.94. The van der Waals surface area contributed by atoms with Gasteiger partial charge in [0.1, 0.15) is 0 Å². The van der Waals surface area contributed by atoms with Crippen LogP contribution < -0.4 is 10.6 Å². The van der Waals surface area contributed by atoms with Gasteiger partial charge in [-0.15, -0.1) is 0 Å². The van der Waals surface area contributed by atoms with E-state index in [1.807, 2.05) is 60.7 Å². The molecule has 4 rings (SSSR count). The van der Waals surface area contributed by atoms with Crippen LogP contribution >= 0.6 is 0 Å². The highest BCUT2D eigenvalue weighted by molar-refractivity contribution is 6.09. The molecule has 3 aromatic carbocycles. The molecule has 0 aliphatic carbocycles. The van der Waals surface area contributed by atoms with Crippen molar-refractivity contribution in [3.8, 4) is 11.1 Å². The fourth-order valence-corrected chi connectivity index (χ4v) is 3.27. The van der Waals surface area contributed by atoms with E-state index < -0.39 is 0 Å². The second-order valence-corrected chi connectivity index (χ2v) is 6.99. The number of rotatable bonds is 6. The zero-order chi connectivity index (χ0) is 21.5. The number of nitrogens with one attached hydrogen (secondary N) is 2. The maximum absolute atomic E-state index is 13.0. The number of hydrogen-bond donors (Lipinski definition) is 2. The number of nitrogens with zero attached hydrogens (tertiary/aromatic N) is 1. The van der Waals surface area contributed by atoms with Gasteiger partial charge >= 0.3 is 0 Å². The second-order valence-electron chi connectivity index (χ2n) is 6.99. The van der Waals surface area contributed by atoms with Crippen molar-refractivity contribution in [2.75, 3.05) is 5.32 Å². The molecule has 0 saturated heterocycles. The molecule has 1 heterocycles. The number of hydrogen-bond acceptors (Lipinski definition) is 3. The SMILES string of the molecule is O=C(NCc1cccnc1)c1cccc(NC(=O)c2ccccc2-c2ccccc2)c1. The molecule has 0 aliphatic rings. The lowest BCUT2D eigenvalue weighted by Gasteiger charge is -2.11. The zero-order valence-corrected chi connectivity index (χ0v) is 16.8. The van der Waals surface area contributed by atoms with Crippen molar-refractivity contribution in [1.29, 1.82) is 0 Å². The van der Waals surface area contributed by atoms with Gasteiger partial charge in [-0.3, -0.25) is 14.6 Å². The molecule has 0 atom stereocenters. The number of anilines is 1. The number of pyridine rings is 1. The van der Waals surface area contributed by atoms with Crippen molar-refractivity contribution in [3.63, 3.8) is 0 Å². The van der Waals surface area contributed by atoms with Gasteiger partial charge < -0.3 is 10.6 Å². The van der Waals surface area contributed by atoms with Gasteiger partial charge in [0.05, 0.1) is 0 Å². The monoisotopic (exact) mass is 407 g/mol. The third-order valence-electron chi connectivity index (χ3n) is 4.81. The standard InChI is InChI=1S/C26H21N3O2/c30-25(28-18-19-8-7-15-27-17-19)21-11-6-12-22(16-21)29-26(31)24-14-5-4-13-23(24)20-9-2-1-3-10-20/h1-17H,18H2,(H,28,30)(H,29,31). The number of amides is 2. The van der Waals surface area contributed by atoms with E-state index in [4.69, 9.17) is 0 Å². The predicted octanol–water partition coefficient (Wildman–Crippen LogP) is 4.93. The lowest BCUT2D eigenvalue weighted by molar-refractivity contribution is 0.0949. The van der Waals surface area contributed by atoms with Crippen LogP contribution in [0.15, 0.2) is 103 Å². The lowest BCUT2D eigenvalue weighted by Crippen LogP contribution is -2.23. The Morgan fingerprint density at radius 1 is 0.774 bits per heavy atom. The number of aromatic nitrogens is 1. The van der Waals surface area contributed by atoms with Gasteiger partial charge in [-0.1, -0.05) is 60.7 Å². The Labute approximate surface area is 180 Å². The van der Waals surface area contributed by atoms with Gasteiger partial charge in [-0.05, 0) is 47.0 Å². The van der Waals surface area contributed by atoms with E-state index in [-0.39, 0.29) is 11.8 Å². The van der Waals surface area contributed by atoms with Gasteiger partial charge in [-0.2, -0.15) is 0 Å². The van der Waals surface area contributed by atoms with Crippen molar-refractivity contribution in [3.05, 3.63) is 120 Å². The van der Waals surface area contributed by atoms with Crippen LogP contribution in [-0.4, -0.2) is 16.8 Å². The van der Waals surface area contributed by atoms with Gasteiger partial charge in [0.15, 0.2) is 0 Å². The molecule has 0 fully saturated rings. The molecule has 0 spiro atoms. The Bertz CT molecular complexity index is 1190. The minimum Gasteiger partial charge on any atom is -0.348 e. The molecular formula is C26H21N3O2. The average Bonchev–Trinajstić information content (AvgIpc) is 2.84. The van der Waals surface area contributed by atoms with Crippen molar-refractivity contribution in [2.45, 2.75) is 6.54 Å². The molecule has 5 heteroatoms. The van der Waals surface area contributed by atoms with Crippen LogP contribution in [0.3, 0.4) is 0 Å². The van der Waals surface area contributed by atoms with Crippen LogP contribution in [0.25, 0.3) is 11.1 Å². The Hall–Kier alpha value is -4.25. The van der Waals surface area contributed by atoms with E-state index in [1.54, 1.807) is 42.7 Å². The van der Waals surface area contributed by atoms with Crippen LogP contribution in [0.1, 0.15) is 26.3 Å². The first-order valence-electron chi connectivity index (χ1n) is 9.94. The summed E-state index contributed by atoms with van der Waals surface area (Å²) in [4.78, 5) is 29.5. The van der Waals surface area contributed by atoms with Gasteiger partial charge in [0, 0.05) is 35.8 Å². The quantitative estimate of drug-likeness (QED) is 0.476. The summed E-state index contributed by atoms with van der Waals surface area (Å²) in [5, 5.41) is 5.77. The van der Waals surface area contributed by atoms with Crippen LogP contribution in [-0.2, 0) is 6.54 Å². The summed E-state index contributed by atoms with van der Waals surface area (Å²) in [5.74, 6) is -0.447. The molecule has 4 aromatic rings. The number of carbonyl (C=O) groups is 2. The largest absolute Gasteiger partial charge is 0.348 e. The van der Waals surface area contributed by atoms with Gasteiger partial charge in [0.2, 0.25) is 0 Å². The molecule has 5 nitrogen and oxygen atoms in total. The number of benzene rings is 3. The highest BCUT2D eigenvalue weighted by Crippen LogP contribution is 2.24. The Balaban J connectivity index is 1.48. The molecule has 2 amide bonds. The molecule has 0 radical (unpaired) electrons.